The van der Waals surface area contributed by atoms with E-state index in [2.05, 4.69) is 4.98 Å². The minimum absolute atomic E-state index is 0.0571. The van der Waals surface area contributed by atoms with Crippen LogP contribution in [-0.2, 0) is 4.79 Å². The van der Waals surface area contributed by atoms with Gasteiger partial charge in [0.05, 0.1) is 6.10 Å². The number of aliphatic hydroxyl groups is 2. The number of nitrogens with one attached hydrogen (secondary N) is 1. The predicted octanol–water partition coefficient (Wildman–Crippen LogP) is 0.145. The summed E-state index contributed by atoms with van der Waals surface area (Å²) in [6, 6.07) is 1.10. The van der Waals surface area contributed by atoms with Gasteiger partial charge in [0.2, 0.25) is 0 Å². The number of H-pyrrole nitrogens is 1. The summed E-state index contributed by atoms with van der Waals surface area (Å²) in [7, 11) is 0. The lowest BCUT2D eigenvalue weighted by Crippen LogP contribution is -2.20. The van der Waals surface area contributed by atoms with E-state index < -0.39 is 23.5 Å². The van der Waals surface area contributed by atoms with Gasteiger partial charge in [-0.3, -0.25) is 9.59 Å². The van der Waals surface area contributed by atoms with Crippen LogP contribution in [0.15, 0.2) is 17.1 Å². The summed E-state index contributed by atoms with van der Waals surface area (Å²) >= 11 is 1.06. The van der Waals surface area contributed by atoms with Gasteiger partial charge in [-0.05, 0) is 12.5 Å². The molecule has 0 saturated heterocycles. The Morgan fingerprint density at radius 3 is 2.72 bits per heavy atom. The van der Waals surface area contributed by atoms with Gasteiger partial charge in [-0.25, -0.2) is 0 Å². The maximum Gasteiger partial charge on any atom is 0.290 e. The van der Waals surface area contributed by atoms with Crippen LogP contribution >= 0.6 is 11.8 Å². The van der Waals surface area contributed by atoms with Gasteiger partial charge in [-0.1, -0.05) is 11.8 Å². The van der Waals surface area contributed by atoms with Crippen molar-refractivity contribution in [3.63, 3.8) is 0 Å². The molecule has 0 aliphatic carbocycles. The first kappa shape index (κ1) is 14.7. The smallest absolute Gasteiger partial charge is 0.290 e. The molecule has 0 aliphatic heterocycles. The lowest BCUT2D eigenvalue weighted by Gasteiger charge is -2.17. The molecule has 1 rings (SSSR count). The van der Waals surface area contributed by atoms with Crippen molar-refractivity contribution in [2.45, 2.75) is 25.6 Å². The Balaban J connectivity index is 2.62. The minimum Gasteiger partial charge on any atom is -0.503 e. The number of pyridine rings is 1. The molecule has 6 nitrogen and oxygen atoms in total. The summed E-state index contributed by atoms with van der Waals surface area (Å²) in [6.45, 7) is 1.42. The van der Waals surface area contributed by atoms with Crippen molar-refractivity contribution in [2.75, 3.05) is 5.75 Å². The van der Waals surface area contributed by atoms with Crippen LogP contribution in [0.3, 0.4) is 0 Å². The summed E-state index contributed by atoms with van der Waals surface area (Å²) in [4.78, 5) is 23.9. The molecular weight excluding hydrogens is 258 g/mol. The van der Waals surface area contributed by atoms with Crippen LogP contribution in [0.4, 0.5) is 0 Å². The molecule has 4 N–H and O–H groups in total. The average molecular weight is 273 g/mol. The van der Waals surface area contributed by atoms with Crippen molar-refractivity contribution in [3.05, 3.63) is 28.2 Å². The molecule has 0 amide bonds. The molecule has 1 aromatic heterocycles. The third kappa shape index (κ3) is 4.17. The summed E-state index contributed by atoms with van der Waals surface area (Å²) in [5.74, 6) is -0.125. The fourth-order valence-corrected chi connectivity index (χ4v) is 2.01. The van der Waals surface area contributed by atoms with Crippen molar-refractivity contribution < 1.29 is 20.1 Å². The van der Waals surface area contributed by atoms with E-state index in [1.165, 1.54) is 13.1 Å². The second kappa shape index (κ2) is 6.58. The molecule has 0 aliphatic rings. The first-order chi connectivity index (χ1) is 8.41. The fraction of sp³-hybridized carbons (Fsp3) is 0.455. The summed E-state index contributed by atoms with van der Waals surface area (Å²) in [6.07, 6.45) is -0.832. The van der Waals surface area contributed by atoms with E-state index in [4.69, 9.17) is 0 Å². The molecule has 7 heteroatoms. The van der Waals surface area contributed by atoms with Crippen molar-refractivity contribution >= 4 is 16.9 Å². The van der Waals surface area contributed by atoms with Crippen LogP contribution < -0.4 is 5.56 Å². The van der Waals surface area contributed by atoms with Crippen molar-refractivity contribution in [1.29, 1.82) is 0 Å². The number of aliphatic hydroxyl groups excluding tert-OH is 2. The van der Waals surface area contributed by atoms with E-state index in [1.807, 2.05) is 0 Å². The van der Waals surface area contributed by atoms with Gasteiger partial charge in [-0.2, -0.15) is 0 Å². The van der Waals surface area contributed by atoms with E-state index in [-0.39, 0.29) is 17.1 Å². The highest BCUT2D eigenvalue weighted by Crippen LogP contribution is 2.21. The first-order valence-corrected chi connectivity index (χ1v) is 6.31. The van der Waals surface area contributed by atoms with Gasteiger partial charge in [0, 0.05) is 24.4 Å². The van der Waals surface area contributed by atoms with Crippen LogP contribution in [0, 0.1) is 0 Å². The molecular formula is C11H15NO5S. The number of rotatable bonds is 5. The maximum absolute atomic E-state index is 10.9. The third-order valence-electron chi connectivity index (χ3n) is 2.33. The average Bonchev–Trinajstić information content (AvgIpc) is 2.31. The Labute approximate surface area is 108 Å². The molecule has 0 spiro atoms. The van der Waals surface area contributed by atoms with Gasteiger partial charge >= 0.3 is 0 Å². The number of hydrogen-bond donors (Lipinski definition) is 4. The van der Waals surface area contributed by atoms with Crippen LogP contribution in [0.2, 0.25) is 0 Å². The molecule has 0 aromatic carbocycles. The topological polar surface area (TPSA) is 111 Å². The molecule has 18 heavy (non-hydrogen) atoms. The Kier molecular flexibility index (Phi) is 5.39. The Hall–Kier alpha value is -1.31. The number of hydrogen-bond acceptors (Lipinski definition) is 6. The van der Waals surface area contributed by atoms with Crippen LogP contribution in [0.5, 0.6) is 5.75 Å². The number of thioether (sulfide) groups is 1. The quantitative estimate of drug-likeness (QED) is 0.607. The van der Waals surface area contributed by atoms with Crippen LogP contribution in [0.25, 0.3) is 0 Å². The molecule has 0 bridgehead atoms. The molecule has 1 heterocycles. The predicted molar refractivity (Wildman–Crippen MR) is 67.5 cm³/mol. The standard InChI is InChI=1S/C11H15NO5S/c1-6(13)18-3-2-8(14)10(16)7-4-9(15)11(17)12-5-7/h4-5,8,10,14-16H,2-3H2,1H3,(H,12,17). The lowest BCUT2D eigenvalue weighted by atomic mass is 10.0. The minimum atomic E-state index is -1.22. The van der Waals surface area contributed by atoms with Crippen molar-refractivity contribution in [1.82, 2.24) is 4.98 Å². The molecule has 1 aromatic rings. The number of carbonyl (C=O) groups is 1. The van der Waals surface area contributed by atoms with Crippen LogP contribution in [0.1, 0.15) is 25.0 Å². The van der Waals surface area contributed by atoms with E-state index in [0.717, 1.165) is 17.8 Å². The molecule has 0 radical (unpaired) electrons. The maximum atomic E-state index is 10.9. The second-order valence-electron chi connectivity index (χ2n) is 3.79. The van der Waals surface area contributed by atoms with Crippen LogP contribution in [-0.4, -0.2) is 37.3 Å². The molecule has 0 saturated carbocycles. The molecule has 0 fully saturated rings. The molecule has 2 unspecified atom stereocenters. The number of carbonyl (C=O) groups excluding carboxylic acids is 1. The van der Waals surface area contributed by atoms with E-state index in [1.54, 1.807) is 0 Å². The zero-order valence-electron chi connectivity index (χ0n) is 9.79. The number of aromatic amines is 1. The number of aromatic nitrogens is 1. The summed E-state index contributed by atoms with van der Waals surface area (Å²) in [5, 5.41) is 28.6. The van der Waals surface area contributed by atoms with Gasteiger partial charge in [0.1, 0.15) is 6.10 Å². The Morgan fingerprint density at radius 2 is 2.17 bits per heavy atom. The van der Waals surface area contributed by atoms with Gasteiger partial charge in [0.25, 0.3) is 5.56 Å². The second-order valence-corrected chi connectivity index (χ2v) is 5.06. The Morgan fingerprint density at radius 1 is 1.50 bits per heavy atom. The highest BCUT2D eigenvalue weighted by atomic mass is 32.2. The number of aromatic hydroxyl groups is 1. The highest BCUT2D eigenvalue weighted by Gasteiger charge is 2.19. The highest BCUT2D eigenvalue weighted by molar-refractivity contribution is 8.13. The van der Waals surface area contributed by atoms with Gasteiger partial charge < -0.3 is 20.3 Å². The van der Waals surface area contributed by atoms with E-state index in [0.29, 0.717) is 5.75 Å². The normalized spacial score (nSPS) is 14.2. The molecule has 100 valence electrons. The largest absolute Gasteiger partial charge is 0.503 e. The van der Waals surface area contributed by atoms with E-state index in [9.17, 15) is 24.9 Å². The zero-order chi connectivity index (χ0) is 13.7. The fourth-order valence-electron chi connectivity index (χ4n) is 1.36. The van der Waals surface area contributed by atoms with Gasteiger partial charge in [0.15, 0.2) is 10.9 Å². The SMILES string of the molecule is CC(=O)SCCC(O)C(O)c1c[nH]c(=O)c(O)c1. The van der Waals surface area contributed by atoms with Crippen molar-refractivity contribution in [3.8, 4) is 5.75 Å². The third-order valence-corrected chi connectivity index (χ3v) is 3.18. The summed E-state index contributed by atoms with van der Waals surface area (Å²) in [5.41, 5.74) is -0.444. The monoisotopic (exact) mass is 273 g/mol. The van der Waals surface area contributed by atoms with Crippen molar-refractivity contribution in [2.24, 2.45) is 0 Å². The van der Waals surface area contributed by atoms with Gasteiger partial charge in [-0.15, -0.1) is 0 Å². The lowest BCUT2D eigenvalue weighted by molar-refractivity contribution is -0.109. The van der Waals surface area contributed by atoms with E-state index >= 15 is 0 Å². The first-order valence-electron chi connectivity index (χ1n) is 5.33. The molecule has 2 atom stereocenters. The Bertz CT molecular complexity index is 473. The zero-order valence-corrected chi connectivity index (χ0v) is 10.6. The summed E-state index contributed by atoms with van der Waals surface area (Å²) < 4.78 is 0.